The van der Waals surface area contributed by atoms with Crippen LogP contribution in [0.2, 0.25) is 5.02 Å². The van der Waals surface area contributed by atoms with Crippen LogP contribution in [0.4, 0.5) is 17.6 Å². The van der Waals surface area contributed by atoms with Crippen molar-refractivity contribution in [2.75, 3.05) is 19.7 Å². The highest BCUT2D eigenvalue weighted by atomic mass is 79.9. The summed E-state index contributed by atoms with van der Waals surface area (Å²) in [5.41, 5.74) is 5.28. The van der Waals surface area contributed by atoms with Crippen LogP contribution >= 0.6 is 27.5 Å². The van der Waals surface area contributed by atoms with Crippen LogP contribution in [0, 0.1) is 5.82 Å². The largest absolute Gasteiger partial charge is 0.492 e. The number of carboxylic acid groups (broad SMARTS) is 1. The normalized spacial score (nSPS) is 14.8. The molecule has 1 aliphatic heterocycles. The van der Waals surface area contributed by atoms with Crippen LogP contribution in [-0.2, 0) is 22.6 Å². The SMILES string of the molecule is O=C(C1=C(c2ccc(CCCOc3cc(F)ccc3Br)cc2)CCNC1)N(Cc1ccccc1Cl)C1CC1.O=C(O)C(F)(F)F. The maximum absolute atomic E-state index is 13.8. The topological polar surface area (TPSA) is 78.9 Å². The number of amides is 1. The number of aryl methyl sites for hydroxylation is 1. The lowest BCUT2D eigenvalue weighted by atomic mass is 9.92. The molecule has 0 saturated heterocycles. The van der Waals surface area contributed by atoms with E-state index in [1.807, 2.05) is 29.2 Å². The van der Waals surface area contributed by atoms with Gasteiger partial charge in [-0.05, 0) is 95.0 Å². The summed E-state index contributed by atoms with van der Waals surface area (Å²) in [7, 11) is 0. The smallest absolute Gasteiger partial charge is 0.490 e. The fourth-order valence-corrected chi connectivity index (χ4v) is 5.42. The Morgan fingerprint density at radius 2 is 1.76 bits per heavy atom. The molecule has 0 unspecified atom stereocenters. The van der Waals surface area contributed by atoms with Crippen molar-refractivity contribution in [3.63, 3.8) is 0 Å². The van der Waals surface area contributed by atoms with Crippen molar-refractivity contribution in [3.05, 3.63) is 104 Å². The van der Waals surface area contributed by atoms with Gasteiger partial charge >= 0.3 is 12.1 Å². The molecule has 3 aromatic carbocycles. The van der Waals surface area contributed by atoms with Gasteiger partial charge in [0.2, 0.25) is 0 Å². The lowest BCUT2D eigenvalue weighted by Crippen LogP contribution is -2.39. The molecule has 1 aliphatic carbocycles. The van der Waals surface area contributed by atoms with E-state index >= 15 is 0 Å². The van der Waals surface area contributed by atoms with E-state index in [1.54, 1.807) is 6.07 Å². The maximum Gasteiger partial charge on any atom is 0.490 e. The summed E-state index contributed by atoms with van der Waals surface area (Å²) in [6.45, 7) is 2.47. The zero-order valence-corrected chi connectivity index (χ0v) is 26.5. The lowest BCUT2D eigenvalue weighted by Gasteiger charge is -2.28. The Labute approximate surface area is 272 Å². The quantitative estimate of drug-likeness (QED) is 0.166. The molecular weight excluding hydrogens is 680 g/mol. The van der Waals surface area contributed by atoms with Crippen molar-refractivity contribution >= 4 is 45.0 Å². The molecule has 0 spiro atoms. The molecule has 0 aromatic heterocycles. The minimum atomic E-state index is -5.08. The van der Waals surface area contributed by atoms with E-state index in [2.05, 4.69) is 45.5 Å². The van der Waals surface area contributed by atoms with Crippen molar-refractivity contribution in [1.29, 1.82) is 0 Å². The van der Waals surface area contributed by atoms with Gasteiger partial charge < -0.3 is 20.1 Å². The number of hydrogen-bond donors (Lipinski definition) is 2. The van der Waals surface area contributed by atoms with Gasteiger partial charge in [0.05, 0.1) is 11.1 Å². The average Bonchev–Trinajstić information content (AvgIpc) is 3.86. The van der Waals surface area contributed by atoms with Crippen molar-refractivity contribution < 1.29 is 37.0 Å². The summed E-state index contributed by atoms with van der Waals surface area (Å²) < 4.78 is 51.7. The number of carbonyl (C=O) groups is 2. The highest BCUT2D eigenvalue weighted by Crippen LogP contribution is 2.34. The van der Waals surface area contributed by atoms with E-state index in [1.165, 1.54) is 17.7 Å². The Bertz CT molecular complexity index is 1530. The molecule has 1 saturated carbocycles. The first kappa shape index (κ1) is 34.5. The first-order chi connectivity index (χ1) is 21.4. The molecule has 0 atom stereocenters. The van der Waals surface area contributed by atoms with Gasteiger partial charge in [-0.2, -0.15) is 13.2 Å². The number of aliphatic carboxylic acids is 1. The third-order valence-electron chi connectivity index (χ3n) is 7.33. The minimum Gasteiger partial charge on any atom is -0.492 e. The molecule has 5 rings (SSSR count). The Morgan fingerprint density at radius 3 is 2.40 bits per heavy atom. The van der Waals surface area contributed by atoms with E-state index in [0.717, 1.165) is 65.4 Å². The van der Waals surface area contributed by atoms with Crippen LogP contribution in [0.3, 0.4) is 0 Å². The fraction of sp³-hybridized carbons (Fsp3) is 0.333. The second kappa shape index (κ2) is 15.7. The first-order valence-electron chi connectivity index (χ1n) is 14.4. The second-order valence-electron chi connectivity index (χ2n) is 10.7. The molecule has 3 aromatic rings. The van der Waals surface area contributed by atoms with Gasteiger partial charge in [0.1, 0.15) is 11.6 Å². The van der Waals surface area contributed by atoms with Crippen molar-refractivity contribution in [2.24, 2.45) is 0 Å². The van der Waals surface area contributed by atoms with Crippen LogP contribution in [0.25, 0.3) is 5.57 Å². The molecule has 12 heteroatoms. The molecule has 6 nitrogen and oxygen atoms in total. The number of carbonyl (C=O) groups excluding carboxylic acids is 1. The minimum absolute atomic E-state index is 0.111. The van der Waals surface area contributed by atoms with Crippen LogP contribution < -0.4 is 10.1 Å². The van der Waals surface area contributed by atoms with Crippen LogP contribution in [-0.4, -0.2) is 53.8 Å². The first-order valence-corrected chi connectivity index (χ1v) is 15.6. The van der Waals surface area contributed by atoms with Crippen molar-refractivity contribution in [3.8, 4) is 5.75 Å². The van der Waals surface area contributed by atoms with E-state index < -0.39 is 12.1 Å². The summed E-state index contributed by atoms with van der Waals surface area (Å²) in [6, 6.07) is 21.0. The van der Waals surface area contributed by atoms with Gasteiger partial charge in [0, 0.05) is 35.8 Å². The standard InChI is InChI=1S/C31H31BrClFN2O2.C2HF3O2/c32-28-14-11-24(34)18-30(28)38-17-3-4-21-7-9-22(10-8-21)26-15-16-35-19-27(26)31(37)36(25-12-13-25)20-23-5-1-2-6-29(23)33;3-2(4,5)1(6)7/h1-2,5-11,14,18,25,35H,3-4,12-13,15-17,19-20H2;(H,6,7). The zero-order chi connectivity index (χ0) is 32.6. The average molecular weight is 712 g/mol. The summed E-state index contributed by atoms with van der Waals surface area (Å²) in [4.78, 5) is 24.7. The molecule has 0 bridgehead atoms. The maximum atomic E-state index is 13.8. The molecule has 2 aliphatic rings. The van der Waals surface area contributed by atoms with E-state index in [9.17, 15) is 22.4 Å². The van der Waals surface area contributed by atoms with Crippen molar-refractivity contribution in [2.45, 2.75) is 50.9 Å². The lowest BCUT2D eigenvalue weighted by molar-refractivity contribution is -0.192. The fourth-order valence-electron chi connectivity index (χ4n) is 4.86. The third kappa shape index (κ3) is 10.0. The number of rotatable bonds is 10. The number of nitrogens with zero attached hydrogens (tertiary/aromatic N) is 1. The van der Waals surface area contributed by atoms with Gasteiger partial charge in [-0.3, -0.25) is 4.79 Å². The molecule has 240 valence electrons. The molecule has 0 radical (unpaired) electrons. The van der Waals surface area contributed by atoms with Gasteiger partial charge in [0.15, 0.2) is 0 Å². The van der Waals surface area contributed by atoms with Crippen molar-refractivity contribution in [1.82, 2.24) is 10.2 Å². The molecule has 1 heterocycles. The molecular formula is C33H32BrClF4N2O4. The molecule has 1 amide bonds. The molecule has 1 fully saturated rings. The number of alkyl halides is 3. The predicted octanol–water partition coefficient (Wildman–Crippen LogP) is 7.82. The van der Waals surface area contributed by atoms with Gasteiger partial charge in [-0.1, -0.05) is 54.1 Å². The Kier molecular flexibility index (Phi) is 12.0. The van der Waals surface area contributed by atoms with E-state index in [0.29, 0.717) is 30.5 Å². The molecule has 45 heavy (non-hydrogen) atoms. The number of benzene rings is 3. The van der Waals surface area contributed by atoms with E-state index in [-0.39, 0.29) is 17.8 Å². The number of nitrogens with one attached hydrogen (secondary N) is 1. The van der Waals surface area contributed by atoms with Crippen LogP contribution in [0.15, 0.2) is 76.8 Å². The van der Waals surface area contributed by atoms with Crippen LogP contribution in [0.5, 0.6) is 5.75 Å². The highest BCUT2D eigenvalue weighted by molar-refractivity contribution is 9.10. The number of ether oxygens (including phenoxy) is 1. The zero-order valence-electron chi connectivity index (χ0n) is 24.2. The third-order valence-corrected chi connectivity index (χ3v) is 8.35. The number of hydrogen-bond acceptors (Lipinski definition) is 4. The highest BCUT2D eigenvalue weighted by Gasteiger charge is 2.38. The number of halogens is 6. The summed E-state index contributed by atoms with van der Waals surface area (Å²) in [6.07, 6.45) is -0.507. The van der Waals surface area contributed by atoms with Gasteiger partial charge in [-0.25, -0.2) is 9.18 Å². The summed E-state index contributed by atoms with van der Waals surface area (Å²) in [5, 5.41) is 11.2. The second-order valence-corrected chi connectivity index (χ2v) is 11.9. The van der Waals surface area contributed by atoms with E-state index in [4.69, 9.17) is 26.2 Å². The Balaban J connectivity index is 0.000000591. The summed E-state index contributed by atoms with van der Waals surface area (Å²) in [5.74, 6) is -2.44. The van der Waals surface area contributed by atoms with Gasteiger partial charge in [0.25, 0.3) is 5.91 Å². The molecule has 2 N–H and O–H groups in total. The monoisotopic (exact) mass is 710 g/mol. The predicted molar refractivity (Wildman–Crippen MR) is 167 cm³/mol. The number of carboxylic acids is 1. The Morgan fingerprint density at radius 1 is 1.07 bits per heavy atom. The van der Waals surface area contributed by atoms with Gasteiger partial charge in [-0.15, -0.1) is 0 Å². The van der Waals surface area contributed by atoms with Crippen LogP contribution in [0.1, 0.15) is 42.4 Å². The Hall–Kier alpha value is -3.41. The summed E-state index contributed by atoms with van der Waals surface area (Å²) >= 11 is 9.82.